The van der Waals surface area contributed by atoms with E-state index in [4.69, 9.17) is 9.15 Å². The molecule has 0 radical (unpaired) electrons. The predicted octanol–water partition coefficient (Wildman–Crippen LogP) is 0.00411. The SMILES string of the molecule is CC.CCCOc1c(C)cc(C(=O)OC)oc1=O.[CH3-].[Cs+]. The molecule has 5 nitrogen and oxygen atoms in total. The van der Waals surface area contributed by atoms with E-state index >= 15 is 0 Å². The summed E-state index contributed by atoms with van der Waals surface area (Å²) < 4.78 is 14.5. The summed E-state index contributed by atoms with van der Waals surface area (Å²) in [5, 5.41) is 0. The minimum atomic E-state index is -0.678. The standard InChI is InChI=1S/C11H14O5.C2H6.CH3.Cs/c1-4-5-15-9-7(2)6-8(10(12)14-3)16-11(9)13;1-2;;/h6H,4-5H2,1-3H3;1-2H3;1H3;/q;;-1;+1. The summed E-state index contributed by atoms with van der Waals surface area (Å²) in [5.74, 6) is -0.648. The van der Waals surface area contributed by atoms with Crippen molar-refractivity contribution >= 4 is 5.97 Å². The van der Waals surface area contributed by atoms with Gasteiger partial charge in [-0.2, -0.15) is 0 Å². The molecular weight excluding hydrogens is 381 g/mol. The molecule has 0 N–H and O–H groups in total. The number of carbonyl (C=O) groups is 1. The van der Waals surface area contributed by atoms with Crippen LogP contribution >= 0.6 is 0 Å². The van der Waals surface area contributed by atoms with E-state index in [1.54, 1.807) is 6.92 Å². The molecule has 0 amide bonds. The fourth-order valence-corrected chi connectivity index (χ4v) is 1.18. The molecule has 110 valence electrons. The van der Waals surface area contributed by atoms with Crippen molar-refractivity contribution in [1.29, 1.82) is 0 Å². The average molecular weight is 404 g/mol. The Hall–Kier alpha value is 0.272. The molecule has 0 unspecified atom stereocenters. The normalized spacial score (nSPS) is 8.25. The van der Waals surface area contributed by atoms with Gasteiger partial charge in [-0.1, -0.05) is 20.8 Å². The van der Waals surface area contributed by atoms with Crippen LogP contribution in [0.4, 0.5) is 0 Å². The molecule has 0 saturated carbocycles. The Bertz CT molecular complexity index is 440. The Morgan fingerprint density at radius 1 is 1.35 bits per heavy atom. The number of ether oxygens (including phenoxy) is 2. The molecule has 0 aliphatic rings. The van der Waals surface area contributed by atoms with Crippen LogP contribution in [0.25, 0.3) is 0 Å². The summed E-state index contributed by atoms with van der Waals surface area (Å²) in [6.07, 6.45) is 0.789. The molecule has 1 aromatic heterocycles. The van der Waals surface area contributed by atoms with Crippen LogP contribution in [0.3, 0.4) is 0 Å². The topological polar surface area (TPSA) is 65.7 Å². The average Bonchev–Trinajstić information content (AvgIpc) is 2.39. The summed E-state index contributed by atoms with van der Waals surface area (Å²) in [6.45, 7) is 8.04. The van der Waals surface area contributed by atoms with E-state index in [-0.39, 0.29) is 87.8 Å². The summed E-state index contributed by atoms with van der Waals surface area (Å²) >= 11 is 0. The van der Waals surface area contributed by atoms with Gasteiger partial charge in [-0.25, -0.2) is 9.59 Å². The summed E-state index contributed by atoms with van der Waals surface area (Å²) in [4.78, 5) is 22.6. The number of aryl methyl sites for hydroxylation is 1. The van der Waals surface area contributed by atoms with Crippen molar-refractivity contribution in [1.82, 2.24) is 0 Å². The molecule has 0 fully saturated rings. The molecule has 20 heavy (non-hydrogen) atoms. The Labute approximate surface area is 179 Å². The minimum Gasteiger partial charge on any atom is -0.486 e. The quantitative estimate of drug-likeness (QED) is 0.523. The van der Waals surface area contributed by atoms with Crippen molar-refractivity contribution in [3.8, 4) is 5.75 Å². The van der Waals surface area contributed by atoms with Gasteiger partial charge in [-0.3, -0.25) is 0 Å². The zero-order chi connectivity index (χ0) is 14.1. The minimum absolute atomic E-state index is 0. The van der Waals surface area contributed by atoms with Crippen molar-refractivity contribution in [3.63, 3.8) is 0 Å². The van der Waals surface area contributed by atoms with Crippen LogP contribution < -0.4 is 79.3 Å². The van der Waals surface area contributed by atoms with Crippen LogP contribution in [0, 0.1) is 14.4 Å². The van der Waals surface area contributed by atoms with Gasteiger partial charge in [-0.05, 0) is 19.4 Å². The van der Waals surface area contributed by atoms with Gasteiger partial charge >= 0.3 is 80.5 Å². The second kappa shape index (κ2) is 14.2. The number of rotatable bonds is 4. The van der Waals surface area contributed by atoms with Crippen molar-refractivity contribution in [3.05, 3.63) is 35.2 Å². The maximum atomic E-state index is 11.5. The van der Waals surface area contributed by atoms with Crippen molar-refractivity contribution in [2.24, 2.45) is 0 Å². The first-order valence-corrected chi connectivity index (χ1v) is 5.96. The third kappa shape index (κ3) is 7.90. The first kappa shape index (κ1) is 25.2. The number of carbonyl (C=O) groups excluding carboxylic acids is 1. The van der Waals surface area contributed by atoms with E-state index in [1.165, 1.54) is 13.2 Å². The Kier molecular flexibility index (Phi) is 17.9. The molecule has 0 saturated heterocycles. The second-order valence-corrected chi connectivity index (χ2v) is 3.25. The second-order valence-electron chi connectivity index (χ2n) is 3.25. The van der Waals surface area contributed by atoms with Gasteiger partial charge in [0, 0.05) is 5.56 Å². The monoisotopic (exact) mass is 404 g/mol. The molecule has 0 aliphatic heterocycles. The predicted molar refractivity (Wildman–Crippen MR) is 74.6 cm³/mol. The molecule has 0 spiro atoms. The van der Waals surface area contributed by atoms with Gasteiger partial charge in [-0.15, -0.1) is 0 Å². The molecule has 6 heteroatoms. The summed E-state index contributed by atoms with van der Waals surface area (Å²) in [5.41, 5.74) is -0.0982. The van der Waals surface area contributed by atoms with Crippen molar-refractivity contribution in [2.75, 3.05) is 13.7 Å². The van der Waals surface area contributed by atoms with Crippen LogP contribution in [-0.2, 0) is 4.74 Å². The fourth-order valence-electron chi connectivity index (χ4n) is 1.18. The van der Waals surface area contributed by atoms with Crippen LogP contribution in [0.1, 0.15) is 43.3 Å². The Morgan fingerprint density at radius 2 is 1.90 bits per heavy atom. The number of hydrogen-bond donors (Lipinski definition) is 0. The maximum absolute atomic E-state index is 11.5. The van der Waals surface area contributed by atoms with Gasteiger partial charge in [0.1, 0.15) is 0 Å². The van der Waals surface area contributed by atoms with Crippen LogP contribution in [0.2, 0.25) is 0 Å². The molecule has 0 bridgehead atoms. The van der Waals surface area contributed by atoms with Crippen molar-refractivity contribution in [2.45, 2.75) is 34.1 Å². The fraction of sp³-hybridized carbons (Fsp3) is 0.500. The van der Waals surface area contributed by atoms with Crippen LogP contribution in [-0.4, -0.2) is 19.7 Å². The zero-order valence-electron chi connectivity index (χ0n) is 13.5. The Balaban J connectivity index is -0.000000689. The molecular formula is C14H23CsO5. The van der Waals surface area contributed by atoms with Gasteiger partial charge in [0.2, 0.25) is 11.5 Å². The Morgan fingerprint density at radius 3 is 2.30 bits per heavy atom. The van der Waals surface area contributed by atoms with Crippen LogP contribution in [0.5, 0.6) is 5.75 Å². The van der Waals surface area contributed by atoms with Gasteiger partial charge < -0.3 is 21.3 Å². The number of esters is 1. The molecule has 1 heterocycles. The molecule has 0 atom stereocenters. The third-order valence-corrected chi connectivity index (χ3v) is 1.93. The molecule has 0 aromatic carbocycles. The van der Waals surface area contributed by atoms with E-state index < -0.39 is 11.6 Å². The van der Waals surface area contributed by atoms with Gasteiger partial charge in [0.25, 0.3) is 0 Å². The number of hydrogen-bond acceptors (Lipinski definition) is 5. The van der Waals surface area contributed by atoms with E-state index in [2.05, 4.69) is 4.74 Å². The third-order valence-electron chi connectivity index (χ3n) is 1.93. The largest absolute Gasteiger partial charge is 1.00 e. The zero-order valence-corrected chi connectivity index (χ0v) is 19.8. The summed E-state index contributed by atoms with van der Waals surface area (Å²) in [7, 11) is 1.22. The van der Waals surface area contributed by atoms with E-state index in [0.29, 0.717) is 12.2 Å². The smallest absolute Gasteiger partial charge is 0.486 e. The van der Waals surface area contributed by atoms with Crippen molar-refractivity contribution < 1.29 is 87.6 Å². The number of methoxy groups -OCH3 is 1. The molecule has 1 aromatic rings. The molecule has 1 rings (SSSR count). The maximum Gasteiger partial charge on any atom is 1.00 e. The first-order valence-electron chi connectivity index (χ1n) is 5.96. The molecule has 0 aliphatic carbocycles. The van der Waals surface area contributed by atoms with Gasteiger partial charge in [0.15, 0.2) is 0 Å². The van der Waals surface area contributed by atoms with E-state index in [9.17, 15) is 9.59 Å². The van der Waals surface area contributed by atoms with E-state index in [1.807, 2.05) is 20.8 Å². The first-order chi connectivity index (χ1) is 8.60. The summed E-state index contributed by atoms with van der Waals surface area (Å²) in [6, 6.07) is 1.43. The van der Waals surface area contributed by atoms with Gasteiger partial charge in [0.05, 0.1) is 13.7 Å². The van der Waals surface area contributed by atoms with Crippen LogP contribution in [0.15, 0.2) is 15.3 Å². The van der Waals surface area contributed by atoms with E-state index in [0.717, 1.165) is 6.42 Å².